The molecule has 1 nitrogen and oxygen atoms in total. The van der Waals surface area contributed by atoms with E-state index in [9.17, 15) is 5.11 Å². The van der Waals surface area contributed by atoms with Crippen molar-refractivity contribution in [2.75, 3.05) is 0 Å². The van der Waals surface area contributed by atoms with E-state index in [-0.39, 0.29) is 49.4 Å². The fourth-order valence-corrected chi connectivity index (χ4v) is 2.74. The monoisotopic (exact) mass is 303 g/mol. The van der Waals surface area contributed by atoms with Crippen molar-refractivity contribution in [3.8, 4) is 16.9 Å². The van der Waals surface area contributed by atoms with Gasteiger partial charge in [0.1, 0.15) is 5.75 Å². The van der Waals surface area contributed by atoms with Crippen molar-refractivity contribution in [3.63, 3.8) is 0 Å². The van der Waals surface area contributed by atoms with Gasteiger partial charge in [-0.15, -0.1) is 0 Å². The van der Waals surface area contributed by atoms with Crippen molar-refractivity contribution in [3.05, 3.63) is 75.9 Å². The minimum atomic E-state index is -0.00926. The minimum absolute atomic E-state index is 0. The Labute approximate surface area is 138 Å². The van der Waals surface area contributed by atoms with Crippen molar-refractivity contribution < 1.29 is 26.8 Å². The fraction of sp³-hybridized carbons (Fsp3) is 0.167. The smallest absolute Gasteiger partial charge is 0.507 e. The molecular weight excluding hydrogens is 280 g/mol. The summed E-state index contributed by atoms with van der Waals surface area (Å²) in [6.07, 6.45) is 0. The van der Waals surface area contributed by atoms with E-state index in [1.165, 1.54) is 16.7 Å². The summed E-state index contributed by atoms with van der Waals surface area (Å²) >= 11 is 0. The van der Waals surface area contributed by atoms with Crippen molar-refractivity contribution >= 4 is 0 Å². The van der Waals surface area contributed by atoms with Gasteiger partial charge in [-0.3, -0.25) is 0 Å². The zero-order valence-corrected chi connectivity index (χ0v) is 14.6. The molecule has 1 N–H and O–H groups in total. The normalized spacial score (nSPS) is 12.5. The second kappa shape index (κ2) is 7.10. The Morgan fingerprint density at radius 3 is 2.00 bits per heavy atom. The Morgan fingerprint density at radius 2 is 1.35 bits per heavy atom. The average Bonchev–Trinajstić information content (AvgIpc) is 2.51. The van der Waals surface area contributed by atoms with Crippen LogP contribution in [0.5, 0.6) is 5.75 Å². The molecular formula is C18H23OTi. The van der Waals surface area contributed by atoms with Gasteiger partial charge in [-0.2, -0.15) is 0 Å². The zero-order chi connectivity index (χ0) is 11.3. The van der Waals surface area contributed by atoms with Crippen LogP contribution in [0.3, 0.4) is 0 Å². The summed E-state index contributed by atoms with van der Waals surface area (Å²) in [5, 5.41) is 10.0. The van der Waals surface area contributed by atoms with E-state index in [1.54, 1.807) is 6.07 Å². The summed E-state index contributed by atoms with van der Waals surface area (Å²) in [5.74, 6) is 0.385. The first-order valence-electron chi connectivity index (χ1n) is 5.54. The molecule has 0 saturated carbocycles. The van der Waals surface area contributed by atoms with Crippen molar-refractivity contribution in [1.29, 1.82) is 0 Å². The van der Waals surface area contributed by atoms with E-state index in [0.29, 0.717) is 5.75 Å². The molecule has 0 unspecified atom stereocenters. The first kappa shape index (κ1) is 21.3. The number of phenolic OH excluding ortho intramolecular Hbond substituents is 1. The van der Waals surface area contributed by atoms with Crippen LogP contribution in [0.4, 0.5) is 0 Å². The SMILES string of the molecule is CC1(C)c2ccccc2-c2c(O)cccc21.[CH3-].[CH3-].[CH3-].[Ti+3]. The summed E-state index contributed by atoms with van der Waals surface area (Å²) in [6, 6.07) is 14.1. The third kappa shape index (κ3) is 2.70. The maximum atomic E-state index is 10.0. The number of phenols is 1. The summed E-state index contributed by atoms with van der Waals surface area (Å²) in [6.45, 7) is 4.41. The molecule has 1 aliphatic rings. The van der Waals surface area contributed by atoms with Crippen LogP contribution >= 0.6 is 0 Å². The third-order valence-corrected chi connectivity index (χ3v) is 3.59. The fourth-order valence-electron chi connectivity index (χ4n) is 2.74. The largest absolute Gasteiger partial charge is 3.00 e. The number of rotatable bonds is 0. The molecule has 105 valence electrons. The van der Waals surface area contributed by atoms with Crippen molar-refractivity contribution in [1.82, 2.24) is 0 Å². The summed E-state index contributed by atoms with van der Waals surface area (Å²) in [7, 11) is 0. The molecule has 0 bridgehead atoms. The van der Waals surface area contributed by atoms with Gasteiger partial charge >= 0.3 is 21.7 Å². The topological polar surface area (TPSA) is 20.2 Å². The van der Waals surface area contributed by atoms with Crippen LogP contribution < -0.4 is 0 Å². The Kier molecular flexibility index (Phi) is 7.55. The van der Waals surface area contributed by atoms with Crippen molar-refractivity contribution in [2.24, 2.45) is 0 Å². The Morgan fingerprint density at radius 1 is 0.800 bits per heavy atom. The number of aromatic hydroxyl groups is 1. The van der Waals surface area contributed by atoms with Crippen LogP contribution in [-0.2, 0) is 27.1 Å². The van der Waals surface area contributed by atoms with Gasteiger partial charge in [0.25, 0.3) is 0 Å². The molecule has 0 aromatic heterocycles. The predicted molar refractivity (Wildman–Crippen MR) is 84.9 cm³/mol. The minimum Gasteiger partial charge on any atom is -0.507 e. The molecule has 0 atom stereocenters. The molecule has 20 heavy (non-hydrogen) atoms. The van der Waals surface area contributed by atoms with Gasteiger partial charge in [-0.1, -0.05) is 50.2 Å². The van der Waals surface area contributed by atoms with Crippen LogP contribution in [0, 0.1) is 22.3 Å². The molecule has 3 rings (SSSR count). The number of hydrogen-bond donors (Lipinski definition) is 1. The van der Waals surface area contributed by atoms with Gasteiger partial charge in [0.2, 0.25) is 0 Å². The van der Waals surface area contributed by atoms with E-state index in [1.807, 2.05) is 12.1 Å². The molecule has 2 aromatic rings. The Hall–Kier alpha value is -1.05. The molecule has 0 fully saturated rings. The molecule has 0 heterocycles. The first-order chi connectivity index (χ1) is 7.62. The molecule has 0 spiro atoms. The molecule has 0 amide bonds. The van der Waals surface area contributed by atoms with Gasteiger partial charge in [0.05, 0.1) is 0 Å². The first-order valence-corrected chi connectivity index (χ1v) is 5.54. The predicted octanol–water partition coefficient (Wildman–Crippen LogP) is 5.05. The van der Waals surface area contributed by atoms with Gasteiger partial charge in [0, 0.05) is 11.0 Å². The van der Waals surface area contributed by atoms with Gasteiger partial charge in [-0.25, -0.2) is 0 Å². The zero-order valence-electron chi connectivity index (χ0n) is 13.0. The summed E-state index contributed by atoms with van der Waals surface area (Å²) < 4.78 is 0. The molecule has 0 aliphatic heterocycles. The van der Waals surface area contributed by atoms with E-state index in [0.717, 1.165) is 5.56 Å². The second-order valence-corrected chi connectivity index (χ2v) is 4.87. The molecule has 2 aromatic carbocycles. The molecule has 0 saturated heterocycles. The number of benzene rings is 2. The standard InChI is InChI=1S/C15H14O.3CH3.Ti/c1-15(2)11-7-4-3-6-10(11)14-12(15)8-5-9-13(14)16;;;;/h3-9,16H,1-2H3;3*1H3;/q;3*-1;+3. The Balaban J connectivity index is 0. The quantitative estimate of drug-likeness (QED) is 0.533. The number of hydrogen-bond acceptors (Lipinski definition) is 1. The van der Waals surface area contributed by atoms with Crippen LogP contribution in [0.2, 0.25) is 0 Å². The van der Waals surface area contributed by atoms with Gasteiger partial charge in [0.15, 0.2) is 0 Å². The van der Waals surface area contributed by atoms with Gasteiger partial charge in [-0.05, 0) is 22.8 Å². The molecule has 1 aliphatic carbocycles. The van der Waals surface area contributed by atoms with Crippen LogP contribution in [0.25, 0.3) is 11.1 Å². The van der Waals surface area contributed by atoms with Crippen LogP contribution in [-0.4, -0.2) is 5.11 Å². The molecule has 2 heteroatoms. The second-order valence-electron chi connectivity index (χ2n) is 4.87. The van der Waals surface area contributed by atoms with E-state index < -0.39 is 0 Å². The van der Waals surface area contributed by atoms with Gasteiger partial charge < -0.3 is 27.4 Å². The third-order valence-electron chi connectivity index (χ3n) is 3.59. The number of fused-ring (bicyclic) bond motifs is 3. The maximum Gasteiger partial charge on any atom is 3.00 e. The van der Waals surface area contributed by atoms with Crippen LogP contribution in [0.15, 0.2) is 42.5 Å². The summed E-state index contributed by atoms with van der Waals surface area (Å²) in [4.78, 5) is 0. The van der Waals surface area contributed by atoms with Crippen molar-refractivity contribution in [2.45, 2.75) is 19.3 Å². The average molecular weight is 303 g/mol. The summed E-state index contributed by atoms with van der Waals surface area (Å²) in [5.41, 5.74) is 4.67. The Bertz CT molecular complexity index is 573. The van der Waals surface area contributed by atoms with Crippen LogP contribution in [0.1, 0.15) is 25.0 Å². The molecule has 1 radical (unpaired) electrons. The maximum absolute atomic E-state index is 10.0. The van der Waals surface area contributed by atoms with E-state index in [4.69, 9.17) is 0 Å². The van der Waals surface area contributed by atoms with E-state index in [2.05, 4.69) is 38.1 Å². The van der Waals surface area contributed by atoms with E-state index >= 15 is 0 Å².